The lowest BCUT2D eigenvalue weighted by atomic mass is 10.2. The Morgan fingerprint density at radius 2 is 1.78 bits per heavy atom. The van der Waals surface area contributed by atoms with Gasteiger partial charge in [0.15, 0.2) is 0 Å². The van der Waals surface area contributed by atoms with E-state index in [0.717, 1.165) is 18.4 Å². The second-order valence-corrected chi connectivity index (χ2v) is 10.2. The van der Waals surface area contributed by atoms with Crippen LogP contribution in [0.25, 0.3) is 0 Å². The predicted octanol–water partition coefficient (Wildman–Crippen LogP) is 4.09. The van der Waals surface area contributed by atoms with Crippen LogP contribution in [-0.2, 0) is 16.0 Å². The fraction of sp³-hybridized carbons (Fsp3) is 0.379. The largest absolute Gasteiger partial charge is 0.444 e. The Hall–Kier alpha value is -4.74. The predicted molar refractivity (Wildman–Crippen MR) is 159 cm³/mol. The number of ether oxygens (including phenoxy) is 1. The van der Waals surface area contributed by atoms with E-state index in [9.17, 15) is 14.4 Å². The van der Waals surface area contributed by atoms with Gasteiger partial charge in [-0.05, 0) is 69.5 Å². The Labute approximate surface area is 240 Å². The molecule has 0 aliphatic heterocycles. The van der Waals surface area contributed by atoms with Crippen molar-refractivity contribution in [3.05, 3.63) is 66.1 Å². The van der Waals surface area contributed by atoms with Crippen LogP contribution in [0.5, 0.6) is 0 Å². The molecule has 0 bridgehead atoms. The summed E-state index contributed by atoms with van der Waals surface area (Å²) in [6.45, 7) is 8.26. The van der Waals surface area contributed by atoms with Gasteiger partial charge in [-0.2, -0.15) is 4.98 Å². The van der Waals surface area contributed by atoms with E-state index in [4.69, 9.17) is 4.74 Å². The number of aromatic nitrogens is 3. The highest BCUT2D eigenvalue weighted by Gasteiger charge is 2.19. The highest BCUT2D eigenvalue weighted by atomic mass is 16.6. The molecule has 0 spiro atoms. The van der Waals surface area contributed by atoms with Crippen LogP contribution in [0, 0.1) is 0 Å². The van der Waals surface area contributed by atoms with Crippen LogP contribution >= 0.6 is 0 Å². The number of anilines is 4. The monoisotopic (exact) mass is 562 g/mol. The first-order valence-electron chi connectivity index (χ1n) is 13.4. The zero-order valence-electron chi connectivity index (χ0n) is 24.2. The number of carbonyl (C=O) groups is 3. The van der Waals surface area contributed by atoms with E-state index in [1.54, 1.807) is 64.5 Å². The van der Waals surface area contributed by atoms with Crippen molar-refractivity contribution in [2.24, 2.45) is 0 Å². The first kappa shape index (κ1) is 30.8. The van der Waals surface area contributed by atoms with Crippen molar-refractivity contribution in [1.29, 1.82) is 0 Å². The summed E-state index contributed by atoms with van der Waals surface area (Å²) in [5.41, 5.74) is 1.78. The summed E-state index contributed by atoms with van der Waals surface area (Å²) in [5, 5.41) is 11.7. The minimum Gasteiger partial charge on any atom is -0.444 e. The molecule has 2 aromatic heterocycles. The first-order chi connectivity index (χ1) is 19.6. The standard InChI is InChI=1S/C29H38N8O4/c1-6-13-31-25-23(18-33-27(36-25)32-16-12-20-10-14-30-15-11-20)26(39)35-21-8-7-9-22(17-21)37(5)24(38)19-34-28(40)41-29(2,3)4/h7-11,14-15,17-18H,6,12-13,16,19H2,1-5H3,(H,34,40)(H,35,39)(H2,31,32,33,36). The van der Waals surface area contributed by atoms with Crippen LogP contribution < -0.4 is 26.2 Å². The molecule has 0 atom stereocenters. The van der Waals surface area contributed by atoms with Crippen LogP contribution in [0.4, 0.5) is 27.9 Å². The average Bonchev–Trinajstić information content (AvgIpc) is 2.94. The van der Waals surface area contributed by atoms with Gasteiger partial charge in [-0.1, -0.05) is 13.0 Å². The maximum Gasteiger partial charge on any atom is 0.408 e. The van der Waals surface area contributed by atoms with Crippen molar-refractivity contribution in [1.82, 2.24) is 20.3 Å². The molecule has 4 N–H and O–H groups in total. The van der Waals surface area contributed by atoms with Gasteiger partial charge in [0.05, 0.1) is 0 Å². The fourth-order valence-corrected chi connectivity index (χ4v) is 3.59. The van der Waals surface area contributed by atoms with Crippen molar-refractivity contribution in [3.63, 3.8) is 0 Å². The number of hydrogen-bond donors (Lipinski definition) is 4. The van der Waals surface area contributed by atoms with Gasteiger partial charge in [-0.25, -0.2) is 9.78 Å². The van der Waals surface area contributed by atoms with Gasteiger partial charge in [0.25, 0.3) is 5.91 Å². The lowest BCUT2D eigenvalue weighted by Crippen LogP contribution is -2.40. The number of hydrogen-bond acceptors (Lipinski definition) is 9. The fourth-order valence-electron chi connectivity index (χ4n) is 3.59. The zero-order valence-corrected chi connectivity index (χ0v) is 24.2. The quantitative estimate of drug-likeness (QED) is 0.256. The second kappa shape index (κ2) is 14.6. The number of rotatable bonds is 12. The van der Waals surface area contributed by atoms with Crippen LogP contribution in [0.2, 0.25) is 0 Å². The van der Waals surface area contributed by atoms with Gasteiger partial charge < -0.3 is 30.9 Å². The molecule has 12 heteroatoms. The van der Waals surface area contributed by atoms with E-state index in [2.05, 4.69) is 36.2 Å². The molecule has 12 nitrogen and oxygen atoms in total. The van der Waals surface area contributed by atoms with Crippen molar-refractivity contribution in [3.8, 4) is 0 Å². The van der Waals surface area contributed by atoms with E-state index in [1.807, 2.05) is 19.1 Å². The van der Waals surface area contributed by atoms with E-state index < -0.39 is 17.6 Å². The highest BCUT2D eigenvalue weighted by Crippen LogP contribution is 2.21. The molecule has 0 radical (unpaired) electrons. The molecule has 218 valence electrons. The van der Waals surface area contributed by atoms with E-state index in [0.29, 0.717) is 36.2 Å². The molecular formula is C29H38N8O4. The van der Waals surface area contributed by atoms with Crippen molar-refractivity contribution in [2.45, 2.75) is 46.1 Å². The van der Waals surface area contributed by atoms with Gasteiger partial charge in [-0.3, -0.25) is 14.6 Å². The summed E-state index contributed by atoms with van der Waals surface area (Å²) in [7, 11) is 1.58. The van der Waals surface area contributed by atoms with Crippen LogP contribution in [0.1, 0.15) is 50.0 Å². The lowest BCUT2D eigenvalue weighted by molar-refractivity contribution is -0.117. The smallest absolute Gasteiger partial charge is 0.408 e. The molecule has 3 aromatic rings. The maximum absolute atomic E-state index is 13.2. The molecule has 0 unspecified atom stereocenters. The van der Waals surface area contributed by atoms with Crippen LogP contribution in [0.15, 0.2) is 55.0 Å². The molecule has 1 aromatic carbocycles. The molecule has 0 aliphatic rings. The number of likely N-dealkylation sites (N-methyl/N-ethyl adjacent to an activating group) is 1. The van der Waals surface area contributed by atoms with Crippen LogP contribution in [-0.4, -0.2) is 65.1 Å². The third-order valence-corrected chi connectivity index (χ3v) is 5.67. The normalized spacial score (nSPS) is 10.9. The summed E-state index contributed by atoms with van der Waals surface area (Å²) < 4.78 is 5.17. The molecular weight excluding hydrogens is 524 g/mol. The Morgan fingerprint density at radius 1 is 1.02 bits per heavy atom. The molecule has 0 aliphatic carbocycles. The van der Waals surface area contributed by atoms with E-state index in [1.165, 1.54) is 11.1 Å². The number of alkyl carbamates (subject to hydrolysis) is 1. The van der Waals surface area contributed by atoms with Gasteiger partial charge >= 0.3 is 6.09 Å². The Bertz CT molecular complexity index is 1330. The Morgan fingerprint density at radius 3 is 2.49 bits per heavy atom. The molecule has 0 saturated heterocycles. The average molecular weight is 563 g/mol. The summed E-state index contributed by atoms with van der Waals surface area (Å²) >= 11 is 0. The van der Waals surface area contributed by atoms with E-state index in [-0.39, 0.29) is 18.0 Å². The second-order valence-electron chi connectivity index (χ2n) is 10.2. The maximum atomic E-state index is 13.2. The Balaban J connectivity index is 1.64. The molecule has 0 saturated carbocycles. The van der Waals surface area contributed by atoms with Gasteiger partial charge in [0, 0.05) is 50.1 Å². The van der Waals surface area contributed by atoms with Crippen LogP contribution in [0.3, 0.4) is 0 Å². The minimum absolute atomic E-state index is 0.241. The van der Waals surface area contributed by atoms with Gasteiger partial charge in [-0.15, -0.1) is 0 Å². The van der Waals surface area contributed by atoms with Gasteiger partial charge in [0.2, 0.25) is 11.9 Å². The number of benzene rings is 1. The number of nitrogens with zero attached hydrogens (tertiary/aromatic N) is 4. The summed E-state index contributed by atoms with van der Waals surface area (Å²) in [6.07, 6.45) is 5.93. The van der Waals surface area contributed by atoms with Crippen molar-refractivity contribution in [2.75, 3.05) is 47.5 Å². The zero-order chi connectivity index (χ0) is 29.8. The third-order valence-electron chi connectivity index (χ3n) is 5.67. The van der Waals surface area contributed by atoms with Crippen molar-refractivity contribution < 1.29 is 19.1 Å². The van der Waals surface area contributed by atoms with E-state index >= 15 is 0 Å². The molecule has 0 fully saturated rings. The number of amides is 3. The molecule has 2 heterocycles. The first-order valence-corrected chi connectivity index (χ1v) is 13.4. The number of pyridine rings is 1. The summed E-state index contributed by atoms with van der Waals surface area (Å²) in [4.78, 5) is 52.0. The molecule has 3 amide bonds. The summed E-state index contributed by atoms with van der Waals surface area (Å²) in [5.74, 6) is 0.0780. The highest BCUT2D eigenvalue weighted by molar-refractivity contribution is 6.07. The molecule has 41 heavy (non-hydrogen) atoms. The number of carbonyl (C=O) groups excluding carboxylic acids is 3. The molecule has 3 rings (SSSR count). The van der Waals surface area contributed by atoms with Crippen molar-refractivity contribution >= 4 is 41.0 Å². The third kappa shape index (κ3) is 10.1. The SMILES string of the molecule is CCCNc1nc(NCCc2ccncc2)ncc1C(=O)Nc1cccc(N(C)C(=O)CNC(=O)OC(C)(C)C)c1. The Kier molecular flexibility index (Phi) is 11.0. The minimum atomic E-state index is -0.676. The number of nitrogens with one attached hydrogen (secondary N) is 4. The lowest BCUT2D eigenvalue weighted by Gasteiger charge is -2.21. The van der Waals surface area contributed by atoms with Gasteiger partial charge in [0.1, 0.15) is 23.5 Å². The topological polar surface area (TPSA) is 150 Å². The summed E-state index contributed by atoms with van der Waals surface area (Å²) in [6, 6.07) is 10.7.